The molecule has 12 heteroatoms. The topological polar surface area (TPSA) is 81.4 Å². The lowest BCUT2D eigenvalue weighted by molar-refractivity contribution is -0.360. The monoisotopic (exact) mass is 410 g/mol. The highest BCUT2D eigenvalue weighted by atomic mass is 19.4. The quantitative estimate of drug-likeness (QED) is 0.572. The lowest BCUT2D eigenvalue weighted by Crippen LogP contribution is -2.42. The van der Waals surface area contributed by atoms with Gasteiger partial charge in [-0.2, -0.15) is 22.0 Å². The maximum atomic E-state index is 13.9. The lowest BCUT2D eigenvalue weighted by atomic mass is 9.99. The van der Waals surface area contributed by atoms with Crippen LogP contribution in [0.1, 0.15) is 15.9 Å². The fourth-order valence-electron chi connectivity index (χ4n) is 2.12. The number of primary amides is 1. The number of nitrogens with two attached hydrogens (primary N) is 1. The van der Waals surface area contributed by atoms with Crippen LogP contribution in [0.25, 0.3) is 0 Å². The zero-order valence-corrected chi connectivity index (χ0v) is 13.4. The predicted molar refractivity (Wildman–Crippen MR) is 81.1 cm³/mol. The van der Waals surface area contributed by atoms with Crippen LogP contribution >= 0.6 is 0 Å². The fourth-order valence-corrected chi connectivity index (χ4v) is 2.12. The minimum atomic E-state index is -6.16. The molecule has 0 radical (unpaired) electrons. The number of urea groups is 1. The molecule has 0 aromatic heterocycles. The molecule has 0 saturated carbocycles. The maximum absolute atomic E-state index is 13.9. The summed E-state index contributed by atoms with van der Waals surface area (Å²) in [6, 6.07) is 3.14. The van der Waals surface area contributed by atoms with Gasteiger partial charge in [0.1, 0.15) is 17.4 Å². The van der Waals surface area contributed by atoms with Gasteiger partial charge in [0.25, 0.3) is 0 Å². The molecule has 2 aromatic carbocycles. The number of alkyl halides is 5. The molecule has 0 aliphatic rings. The van der Waals surface area contributed by atoms with Crippen molar-refractivity contribution in [1.29, 1.82) is 0 Å². The minimum Gasteiger partial charge on any atom is -0.425 e. The van der Waals surface area contributed by atoms with Crippen molar-refractivity contribution in [2.45, 2.75) is 12.3 Å². The van der Waals surface area contributed by atoms with Gasteiger partial charge in [-0.25, -0.2) is 13.6 Å². The van der Waals surface area contributed by atoms with E-state index in [0.717, 1.165) is 18.2 Å². The Balaban J connectivity index is 2.69. The van der Waals surface area contributed by atoms with E-state index in [4.69, 9.17) is 5.73 Å². The normalized spacial score (nSPS) is 11.8. The summed E-state index contributed by atoms with van der Waals surface area (Å²) in [4.78, 5) is 23.6. The van der Waals surface area contributed by atoms with Crippen LogP contribution < -0.4 is 15.8 Å². The van der Waals surface area contributed by atoms with Crippen molar-refractivity contribution < 1.29 is 45.1 Å². The summed E-state index contributed by atoms with van der Waals surface area (Å²) in [6.07, 6.45) is -11.9. The van der Waals surface area contributed by atoms with Gasteiger partial charge in [-0.15, -0.1) is 0 Å². The average molecular weight is 410 g/mol. The van der Waals surface area contributed by atoms with E-state index in [-0.39, 0.29) is 0 Å². The Morgan fingerprint density at radius 3 is 1.93 bits per heavy atom. The van der Waals surface area contributed by atoms with E-state index in [9.17, 15) is 40.3 Å². The van der Waals surface area contributed by atoms with Gasteiger partial charge in [0.05, 0.1) is 16.8 Å². The number of benzene rings is 2. The number of hydrogen-bond acceptors (Lipinski definition) is 3. The first-order chi connectivity index (χ1) is 12.8. The summed E-state index contributed by atoms with van der Waals surface area (Å²) in [7, 11) is 0. The Hall–Kier alpha value is -3.31. The van der Waals surface area contributed by atoms with Crippen LogP contribution in [0.5, 0.6) is 5.75 Å². The van der Waals surface area contributed by atoms with Crippen LogP contribution in [0, 0.1) is 11.6 Å². The number of amides is 2. The van der Waals surface area contributed by atoms with Crippen molar-refractivity contribution >= 4 is 17.5 Å². The maximum Gasteiger partial charge on any atom is 0.499 e. The molecule has 5 nitrogen and oxygen atoms in total. The van der Waals surface area contributed by atoms with Gasteiger partial charge in [0.2, 0.25) is 5.78 Å². The number of carbonyl (C=O) groups is 2. The van der Waals surface area contributed by atoms with Gasteiger partial charge in [-0.1, -0.05) is 12.1 Å². The van der Waals surface area contributed by atoms with Crippen molar-refractivity contribution in [2.24, 2.45) is 5.73 Å². The lowest BCUT2D eigenvalue weighted by Gasteiger charge is -2.22. The standard InChI is InChI=1S/C16H9F7N2O3/c17-7-3-1-4-8(18)11(7)13(26)12-9(25-14(24)27)5-2-6-10(12)28-16(22,23)15(19,20)21/h1-6H,(H3,24,25,27). The third-order valence-corrected chi connectivity index (χ3v) is 3.27. The van der Waals surface area contributed by atoms with E-state index in [2.05, 4.69) is 4.74 Å². The number of halogens is 7. The Morgan fingerprint density at radius 2 is 1.43 bits per heavy atom. The Morgan fingerprint density at radius 1 is 0.893 bits per heavy atom. The zero-order chi connectivity index (χ0) is 21.3. The molecule has 150 valence electrons. The largest absolute Gasteiger partial charge is 0.499 e. The summed E-state index contributed by atoms with van der Waals surface area (Å²) in [5, 5.41) is 1.79. The van der Waals surface area contributed by atoms with Gasteiger partial charge in [-0.05, 0) is 24.3 Å². The minimum absolute atomic E-state index is 0.526. The van der Waals surface area contributed by atoms with Crippen molar-refractivity contribution in [2.75, 3.05) is 5.32 Å². The molecule has 2 rings (SSSR count). The second-order valence-corrected chi connectivity index (χ2v) is 5.21. The van der Waals surface area contributed by atoms with E-state index in [0.29, 0.717) is 18.2 Å². The highest BCUT2D eigenvalue weighted by molar-refractivity contribution is 6.15. The SMILES string of the molecule is NC(=O)Nc1cccc(OC(F)(F)C(F)(F)F)c1C(=O)c1c(F)cccc1F. The number of rotatable bonds is 5. The number of hydrogen-bond donors (Lipinski definition) is 2. The summed E-state index contributed by atoms with van der Waals surface area (Å²) in [5.41, 5.74) is 1.74. The van der Waals surface area contributed by atoms with Crippen molar-refractivity contribution in [1.82, 2.24) is 0 Å². The van der Waals surface area contributed by atoms with Gasteiger partial charge >= 0.3 is 18.3 Å². The average Bonchev–Trinajstić information content (AvgIpc) is 2.52. The van der Waals surface area contributed by atoms with Gasteiger partial charge in [-0.3, -0.25) is 4.79 Å². The van der Waals surface area contributed by atoms with Gasteiger partial charge < -0.3 is 15.8 Å². The molecule has 0 atom stereocenters. The molecule has 0 unspecified atom stereocenters. The summed E-state index contributed by atoms with van der Waals surface area (Å²) in [6.45, 7) is 0. The third kappa shape index (κ3) is 4.15. The van der Waals surface area contributed by atoms with E-state index in [1.165, 1.54) is 0 Å². The van der Waals surface area contributed by atoms with Crippen LogP contribution in [0.3, 0.4) is 0 Å². The number of nitrogens with one attached hydrogen (secondary N) is 1. The van der Waals surface area contributed by atoms with Crippen LogP contribution in [-0.2, 0) is 0 Å². The summed E-state index contributed by atoms with van der Waals surface area (Å²) in [5.74, 6) is -5.89. The molecule has 2 amide bonds. The molecular formula is C16H9F7N2O3. The second-order valence-electron chi connectivity index (χ2n) is 5.21. The van der Waals surface area contributed by atoms with Crippen LogP contribution in [0.2, 0.25) is 0 Å². The molecule has 0 saturated heterocycles. The summed E-state index contributed by atoms with van der Waals surface area (Å²) >= 11 is 0. The molecule has 0 aliphatic carbocycles. The van der Waals surface area contributed by atoms with E-state index < -0.39 is 58.3 Å². The highest BCUT2D eigenvalue weighted by Crippen LogP contribution is 2.40. The zero-order valence-electron chi connectivity index (χ0n) is 13.4. The van der Waals surface area contributed by atoms with E-state index >= 15 is 0 Å². The van der Waals surface area contributed by atoms with Gasteiger partial charge in [0.15, 0.2) is 0 Å². The first kappa shape index (κ1) is 21.0. The smallest absolute Gasteiger partial charge is 0.425 e. The van der Waals surface area contributed by atoms with Crippen LogP contribution in [-0.4, -0.2) is 24.1 Å². The number of carbonyl (C=O) groups excluding carboxylic acids is 2. The molecule has 28 heavy (non-hydrogen) atoms. The molecule has 0 aliphatic heterocycles. The summed E-state index contributed by atoms with van der Waals surface area (Å²) < 4.78 is 95.3. The highest BCUT2D eigenvalue weighted by Gasteiger charge is 2.61. The molecular weight excluding hydrogens is 401 g/mol. The molecule has 2 aromatic rings. The fraction of sp³-hybridized carbons (Fsp3) is 0.125. The molecule has 3 N–H and O–H groups in total. The van der Waals surface area contributed by atoms with Crippen molar-refractivity contribution in [3.8, 4) is 5.75 Å². The Bertz CT molecular complexity index is 909. The number of anilines is 1. The third-order valence-electron chi connectivity index (χ3n) is 3.27. The molecule has 0 fully saturated rings. The first-order valence-electron chi connectivity index (χ1n) is 7.17. The van der Waals surface area contributed by atoms with Crippen molar-refractivity contribution in [3.05, 3.63) is 59.2 Å². The predicted octanol–water partition coefficient (Wildman–Crippen LogP) is 4.22. The van der Waals surface area contributed by atoms with Crippen LogP contribution in [0.15, 0.2) is 36.4 Å². The Labute approximate surface area is 151 Å². The molecule has 0 spiro atoms. The first-order valence-corrected chi connectivity index (χ1v) is 7.17. The molecule has 0 bridgehead atoms. The van der Waals surface area contributed by atoms with E-state index in [1.807, 2.05) is 0 Å². The molecule has 0 heterocycles. The number of ketones is 1. The number of ether oxygens (including phenoxy) is 1. The van der Waals surface area contributed by atoms with E-state index in [1.54, 1.807) is 5.32 Å². The van der Waals surface area contributed by atoms with Crippen molar-refractivity contribution in [3.63, 3.8) is 0 Å². The van der Waals surface area contributed by atoms with Crippen LogP contribution in [0.4, 0.5) is 41.2 Å². The Kier molecular flexibility index (Phi) is 5.52. The second kappa shape index (κ2) is 7.37. The van der Waals surface area contributed by atoms with Gasteiger partial charge in [0, 0.05) is 0 Å².